The standard InChI is InChI=1S/C13H12BrN3O/c1-8-12(3-2-6-16-8)17-13(18)9-4-5-10(14)11(15)7-9/h2-7H,15H2,1H3,(H,17,18). The lowest BCUT2D eigenvalue weighted by atomic mass is 10.2. The molecule has 0 aliphatic heterocycles. The van der Waals surface area contributed by atoms with E-state index in [9.17, 15) is 4.79 Å². The van der Waals surface area contributed by atoms with Crippen LogP contribution in [0.3, 0.4) is 0 Å². The first-order valence-corrected chi connectivity index (χ1v) is 6.15. The molecule has 18 heavy (non-hydrogen) atoms. The number of carbonyl (C=O) groups is 1. The first kappa shape index (κ1) is 12.6. The van der Waals surface area contributed by atoms with Crippen molar-refractivity contribution < 1.29 is 4.79 Å². The van der Waals surface area contributed by atoms with Gasteiger partial charge in [-0.15, -0.1) is 0 Å². The molecule has 0 unspecified atom stereocenters. The Balaban J connectivity index is 2.22. The zero-order valence-corrected chi connectivity index (χ0v) is 11.4. The molecule has 0 aliphatic carbocycles. The summed E-state index contributed by atoms with van der Waals surface area (Å²) in [6.07, 6.45) is 1.68. The van der Waals surface area contributed by atoms with Crippen molar-refractivity contribution in [2.45, 2.75) is 6.92 Å². The second kappa shape index (κ2) is 5.18. The van der Waals surface area contributed by atoms with Crippen LogP contribution in [0.5, 0.6) is 0 Å². The number of aromatic nitrogens is 1. The molecule has 0 radical (unpaired) electrons. The SMILES string of the molecule is Cc1ncccc1NC(=O)c1ccc(Br)c(N)c1. The molecule has 1 aromatic heterocycles. The van der Waals surface area contributed by atoms with Gasteiger partial charge in [0.25, 0.3) is 5.91 Å². The van der Waals surface area contributed by atoms with Crippen LogP contribution in [0.4, 0.5) is 11.4 Å². The summed E-state index contributed by atoms with van der Waals surface area (Å²) in [5.41, 5.74) is 8.26. The minimum Gasteiger partial charge on any atom is -0.398 e. The first-order chi connectivity index (χ1) is 8.58. The molecule has 0 aliphatic rings. The Kier molecular flexibility index (Phi) is 3.62. The van der Waals surface area contributed by atoms with Gasteiger partial charge in [-0.3, -0.25) is 9.78 Å². The van der Waals surface area contributed by atoms with Gasteiger partial charge in [0, 0.05) is 21.9 Å². The highest BCUT2D eigenvalue weighted by Crippen LogP contribution is 2.21. The van der Waals surface area contributed by atoms with Crippen molar-refractivity contribution >= 4 is 33.2 Å². The molecular weight excluding hydrogens is 294 g/mol. The second-order valence-corrected chi connectivity index (χ2v) is 4.68. The van der Waals surface area contributed by atoms with Crippen LogP contribution >= 0.6 is 15.9 Å². The number of nitrogens with two attached hydrogens (primary N) is 1. The van der Waals surface area contributed by atoms with E-state index in [1.54, 1.807) is 30.5 Å². The van der Waals surface area contributed by atoms with Crippen molar-refractivity contribution in [2.24, 2.45) is 0 Å². The van der Waals surface area contributed by atoms with E-state index in [2.05, 4.69) is 26.2 Å². The third-order valence-electron chi connectivity index (χ3n) is 2.51. The van der Waals surface area contributed by atoms with Crippen molar-refractivity contribution in [3.05, 3.63) is 52.3 Å². The Hall–Kier alpha value is -1.88. The smallest absolute Gasteiger partial charge is 0.255 e. The van der Waals surface area contributed by atoms with Crippen LogP contribution in [0, 0.1) is 6.92 Å². The van der Waals surface area contributed by atoms with Crippen molar-refractivity contribution in [1.29, 1.82) is 0 Å². The van der Waals surface area contributed by atoms with Crippen LogP contribution < -0.4 is 11.1 Å². The first-order valence-electron chi connectivity index (χ1n) is 5.36. The van der Waals surface area contributed by atoms with Gasteiger partial charge in [-0.2, -0.15) is 0 Å². The molecule has 3 N–H and O–H groups in total. The summed E-state index contributed by atoms with van der Waals surface area (Å²) >= 11 is 3.29. The highest BCUT2D eigenvalue weighted by atomic mass is 79.9. The van der Waals surface area contributed by atoms with E-state index < -0.39 is 0 Å². The summed E-state index contributed by atoms with van der Waals surface area (Å²) in [6.45, 7) is 1.84. The van der Waals surface area contributed by atoms with E-state index >= 15 is 0 Å². The van der Waals surface area contributed by atoms with Crippen LogP contribution in [-0.2, 0) is 0 Å². The molecule has 0 saturated carbocycles. The lowest BCUT2D eigenvalue weighted by molar-refractivity contribution is 0.102. The highest BCUT2D eigenvalue weighted by Gasteiger charge is 2.09. The summed E-state index contributed by atoms with van der Waals surface area (Å²) in [5, 5.41) is 2.80. The number of aryl methyl sites for hydroxylation is 1. The molecule has 5 heteroatoms. The number of benzene rings is 1. The van der Waals surface area contributed by atoms with Crippen LogP contribution in [0.25, 0.3) is 0 Å². The summed E-state index contributed by atoms with van der Waals surface area (Å²) in [7, 11) is 0. The van der Waals surface area contributed by atoms with Gasteiger partial charge < -0.3 is 11.1 Å². The van der Waals surface area contributed by atoms with E-state index in [-0.39, 0.29) is 5.91 Å². The number of pyridine rings is 1. The van der Waals surface area contributed by atoms with Crippen molar-refractivity contribution in [1.82, 2.24) is 4.98 Å². The Morgan fingerprint density at radius 3 is 2.83 bits per heavy atom. The molecular formula is C13H12BrN3O. The number of carbonyl (C=O) groups excluding carboxylic acids is 1. The van der Waals surface area contributed by atoms with Gasteiger partial charge in [0.2, 0.25) is 0 Å². The van der Waals surface area contributed by atoms with Crippen LogP contribution in [0.1, 0.15) is 16.1 Å². The fourth-order valence-electron chi connectivity index (χ4n) is 1.50. The number of hydrogen-bond donors (Lipinski definition) is 2. The van der Waals surface area contributed by atoms with Crippen LogP contribution in [-0.4, -0.2) is 10.9 Å². The molecule has 0 atom stereocenters. The number of anilines is 2. The molecule has 4 nitrogen and oxygen atoms in total. The molecule has 2 aromatic rings. The molecule has 1 aromatic carbocycles. The lowest BCUT2D eigenvalue weighted by Crippen LogP contribution is -2.13. The van der Waals surface area contributed by atoms with Crippen molar-refractivity contribution in [3.63, 3.8) is 0 Å². The van der Waals surface area contributed by atoms with Gasteiger partial charge in [-0.05, 0) is 53.2 Å². The average molecular weight is 306 g/mol. The maximum Gasteiger partial charge on any atom is 0.255 e. The Morgan fingerprint density at radius 2 is 2.17 bits per heavy atom. The van der Waals surface area contributed by atoms with Crippen LogP contribution in [0.15, 0.2) is 41.0 Å². The zero-order chi connectivity index (χ0) is 13.1. The number of hydrogen-bond acceptors (Lipinski definition) is 3. The lowest BCUT2D eigenvalue weighted by Gasteiger charge is -2.08. The molecule has 2 rings (SSSR count). The van der Waals surface area contributed by atoms with Gasteiger partial charge >= 0.3 is 0 Å². The minimum atomic E-state index is -0.203. The molecule has 0 bridgehead atoms. The van der Waals surface area contributed by atoms with E-state index in [1.165, 1.54) is 0 Å². The quantitative estimate of drug-likeness (QED) is 0.838. The Labute approximate surface area is 113 Å². The van der Waals surface area contributed by atoms with Gasteiger partial charge in [-0.25, -0.2) is 0 Å². The third-order valence-corrected chi connectivity index (χ3v) is 3.24. The minimum absolute atomic E-state index is 0.203. The summed E-state index contributed by atoms with van der Waals surface area (Å²) in [5.74, 6) is -0.203. The topological polar surface area (TPSA) is 68.0 Å². The molecule has 0 spiro atoms. The fraction of sp³-hybridized carbons (Fsp3) is 0.0769. The average Bonchev–Trinajstić information content (AvgIpc) is 2.35. The Bertz CT molecular complexity index is 599. The monoisotopic (exact) mass is 305 g/mol. The van der Waals surface area contributed by atoms with Gasteiger partial charge in [0.15, 0.2) is 0 Å². The Morgan fingerprint density at radius 1 is 1.39 bits per heavy atom. The number of rotatable bonds is 2. The number of nitrogen functional groups attached to an aromatic ring is 1. The van der Waals surface area contributed by atoms with Gasteiger partial charge in [0.1, 0.15) is 0 Å². The molecule has 92 valence electrons. The fourth-order valence-corrected chi connectivity index (χ4v) is 1.74. The predicted octanol–water partition coefficient (Wildman–Crippen LogP) is 2.99. The van der Waals surface area contributed by atoms with Crippen molar-refractivity contribution in [3.8, 4) is 0 Å². The van der Waals surface area contributed by atoms with Gasteiger partial charge in [-0.1, -0.05) is 0 Å². The van der Waals surface area contributed by atoms with E-state index in [4.69, 9.17) is 5.73 Å². The number of nitrogens with one attached hydrogen (secondary N) is 1. The maximum atomic E-state index is 12.0. The molecule has 0 fully saturated rings. The number of amides is 1. The number of nitrogens with zero attached hydrogens (tertiary/aromatic N) is 1. The molecule has 1 amide bonds. The van der Waals surface area contributed by atoms with E-state index in [0.29, 0.717) is 16.9 Å². The second-order valence-electron chi connectivity index (χ2n) is 3.83. The summed E-state index contributed by atoms with van der Waals surface area (Å²) in [6, 6.07) is 8.67. The predicted molar refractivity (Wildman–Crippen MR) is 75.5 cm³/mol. The number of halogens is 1. The van der Waals surface area contributed by atoms with Gasteiger partial charge in [0.05, 0.1) is 11.4 Å². The van der Waals surface area contributed by atoms with E-state index in [0.717, 1.165) is 10.2 Å². The zero-order valence-electron chi connectivity index (χ0n) is 9.77. The summed E-state index contributed by atoms with van der Waals surface area (Å²) < 4.78 is 0.775. The normalized spacial score (nSPS) is 10.1. The molecule has 0 saturated heterocycles. The van der Waals surface area contributed by atoms with E-state index in [1.807, 2.05) is 13.0 Å². The largest absolute Gasteiger partial charge is 0.398 e. The maximum absolute atomic E-state index is 12.0. The van der Waals surface area contributed by atoms with Crippen molar-refractivity contribution in [2.75, 3.05) is 11.1 Å². The summed E-state index contributed by atoms with van der Waals surface area (Å²) in [4.78, 5) is 16.1. The molecule has 1 heterocycles. The highest BCUT2D eigenvalue weighted by molar-refractivity contribution is 9.10. The van der Waals surface area contributed by atoms with Crippen LogP contribution in [0.2, 0.25) is 0 Å². The third kappa shape index (κ3) is 2.68.